The van der Waals surface area contributed by atoms with Gasteiger partial charge in [0.2, 0.25) is 0 Å². The monoisotopic (exact) mass is 230 g/mol. The third-order valence-corrected chi connectivity index (χ3v) is 2.70. The second-order valence-electron chi connectivity index (χ2n) is 4.13. The average Bonchev–Trinajstić information content (AvgIpc) is 2.21. The van der Waals surface area contributed by atoms with Gasteiger partial charge in [0.25, 0.3) is 0 Å². The van der Waals surface area contributed by atoms with Gasteiger partial charge in [0.05, 0.1) is 24.7 Å². The summed E-state index contributed by atoms with van der Waals surface area (Å²) in [6.07, 6.45) is -0.978. The predicted molar refractivity (Wildman–Crippen MR) is 55.8 cm³/mol. The molecule has 0 radical (unpaired) electrons. The molecule has 1 aliphatic heterocycles. The van der Waals surface area contributed by atoms with Crippen molar-refractivity contribution in [2.24, 2.45) is 0 Å². The molecule has 0 aromatic carbocycles. The highest BCUT2D eigenvalue weighted by atomic mass is 16.5. The van der Waals surface area contributed by atoms with Crippen LogP contribution in [0.1, 0.15) is 32.6 Å². The highest BCUT2D eigenvalue weighted by Gasteiger charge is 2.27. The molecule has 1 N–H and O–H groups in total. The number of aliphatic hydroxyl groups is 1. The molecule has 0 aromatic heterocycles. The highest BCUT2D eigenvalue weighted by molar-refractivity contribution is 5.79. The van der Waals surface area contributed by atoms with Crippen molar-refractivity contribution in [3.05, 3.63) is 0 Å². The second kappa shape index (κ2) is 5.96. The summed E-state index contributed by atoms with van der Waals surface area (Å²) in [5.41, 5.74) is 0. The molecule has 5 nitrogen and oxygen atoms in total. The number of Topliss-reactive ketones (excluding diaryl/α,β-unsaturated/α-hetero) is 1. The molecular weight excluding hydrogens is 212 g/mol. The average molecular weight is 230 g/mol. The molecule has 0 aliphatic carbocycles. The molecule has 0 unspecified atom stereocenters. The maximum absolute atomic E-state index is 11.5. The van der Waals surface area contributed by atoms with Crippen LogP contribution >= 0.6 is 0 Å². The first-order valence-electron chi connectivity index (χ1n) is 5.45. The largest absolute Gasteiger partial charge is 0.463 e. The van der Waals surface area contributed by atoms with E-state index in [1.165, 1.54) is 7.11 Å². The number of methoxy groups -OCH3 is 1. The van der Waals surface area contributed by atoms with E-state index >= 15 is 0 Å². The summed E-state index contributed by atoms with van der Waals surface area (Å²) in [6, 6.07) is 0. The molecule has 92 valence electrons. The van der Waals surface area contributed by atoms with Crippen LogP contribution in [0.5, 0.6) is 0 Å². The molecule has 5 heteroatoms. The molecule has 0 saturated carbocycles. The fraction of sp³-hybridized carbons (Fsp3) is 0.818. The summed E-state index contributed by atoms with van der Waals surface area (Å²) in [5.74, 6) is -0.424. The van der Waals surface area contributed by atoms with Crippen LogP contribution in [0.2, 0.25) is 0 Å². The smallest absolute Gasteiger partial charge is 0.308 e. The van der Waals surface area contributed by atoms with Gasteiger partial charge in [-0.15, -0.1) is 0 Å². The molecule has 1 saturated heterocycles. The van der Waals surface area contributed by atoms with E-state index in [1.54, 1.807) is 6.92 Å². The maximum Gasteiger partial charge on any atom is 0.308 e. The van der Waals surface area contributed by atoms with Gasteiger partial charge >= 0.3 is 5.97 Å². The Morgan fingerprint density at radius 2 is 2.06 bits per heavy atom. The van der Waals surface area contributed by atoms with Crippen LogP contribution in [0.4, 0.5) is 0 Å². The predicted octanol–water partition coefficient (Wildman–Crippen LogP) is 0.437. The van der Waals surface area contributed by atoms with Gasteiger partial charge in [0.1, 0.15) is 5.78 Å². The third-order valence-electron chi connectivity index (χ3n) is 2.70. The molecule has 3 atom stereocenters. The summed E-state index contributed by atoms with van der Waals surface area (Å²) < 4.78 is 10.0. The molecule has 16 heavy (non-hydrogen) atoms. The van der Waals surface area contributed by atoms with Crippen molar-refractivity contribution in [2.45, 2.75) is 50.9 Å². The Bertz CT molecular complexity index is 263. The zero-order chi connectivity index (χ0) is 12.1. The minimum Gasteiger partial charge on any atom is -0.463 e. The summed E-state index contributed by atoms with van der Waals surface area (Å²) >= 11 is 0. The molecule has 1 heterocycles. The minimum atomic E-state index is -0.980. The van der Waals surface area contributed by atoms with Gasteiger partial charge in [-0.1, -0.05) is 0 Å². The maximum atomic E-state index is 11.5. The Hall–Kier alpha value is -0.940. The first-order valence-corrected chi connectivity index (χ1v) is 5.45. The van der Waals surface area contributed by atoms with Crippen molar-refractivity contribution >= 4 is 11.8 Å². The van der Waals surface area contributed by atoms with Gasteiger partial charge < -0.3 is 14.6 Å². The van der Waals surface area contributed by atoms with Crippen molar-refractivity contribution in [3.63, 3.8) is 0 Å². The number of hydrogen-bond donors (Lipinski definition) is 1. The fourth-order valence-electron chi connectivity index (χ4n) is 1.70. The Kier molecular flexibility index (Phi) is 4.89. The summed E-state index contributed by atoms with van der Waals surface area (Å²) in [6.45, 7) is 1.74. The van der Waals surface area contributed by atoms with Crippen molar-refractivity contribution in [3.8, 4) is 0 Å². The van der Waals surface area contributed by atoms with Gasteiger partial charge in [-0.3, -0.25) is 9.59 Å². The zero-order valence-electron chi connectivity index (χ0n) is 9.64. The lowest BCUT2D eigenvalue weighted by atomic mass is 10.0. The molecule has 0 amide bonds. The van der Waals surface area contributed by atoms with Gasteiger partial charge in [-0.2, -0.15) is 0 Å². The van der Waals surface area contributed by atoms with Crippen LogP contribution in [0.25, 0.3) is 0 Å². The number of rotatable bonds is 1. The van der Waals surface area contributed by atoms with E-state index < -0.39 is 18.2 Å². The number of esters is 1. The van der Waals surface area contributed by atoms with Crippen LogP contribution in [0.3, 0.4) is 0 Å². The van der Waals surface area contributed by atoms with E-state index in [-0.39, 0.29) is 24.7 Å². The number of ketones is 1. The van der Waals surface area contributed by atoms with E-state index in [1.807, 2.05) is 0 Å². The van der Waals surface area contributed by atoms with E-state index in [0.29, 0.717) is 12.8 Å². The van der Waals surface area contributed by atoms with Gasteiger partial charge in [-0.25, -0.2) is 0 Å². The quantitative estimate of drug-likeness (QED) is 0.661. The molecule has 0 bridgehead atoms. The minimum absolute atomic E-state index is 0.0238. The topological polar surface area (TPSA) is 72.8 Å². The fourth-order valence-corrected chi connectivity index (χ4v) is 1.70. The zero-order valence-corrected chi connectivity index (χ0v) is 9.64. The van der Waals surface area contributed by atoms with Crippen LogP contribution in [-0.4, -0.2) is 42.3 Å². The number of cyclic esters (lactones) is 1. The number of hydrogen-bond acceptors (Lipinski definition) is 5. The number of aliphatic hydroxyl groups excluding tert-OH is 1. The van der Waals surface area contributed by atoms with E-state index in [4.69, 9.17) is 9.47 Å². The van der Waals surface area contributed by atoms with E-state index in [2.05, 4.69) is 0 Å². The Labute approximate surface area is 94.7 Å². The normalized spacial score (nSPS) is 33.3. The van der Waals surface area contributed by atoms with Crippen molar-refractivity contribution in [1.82, 2.24) is 0 Å². The van der Waals surface area contributed by atoms with Gasteiger partial charge in [0, 0.05) is 20.0 Å². The Morgan fingerprint density at radius 1 is 1.38 bits per heavy atom. The molecule has 1 rings (SSSR count). The van der Waals surface area contributed by atoms with Crippen LogP contribution in [0, 0.1) is 0 Å². The van der Waals surface area contributed by atoms with Crippen molar-refractivity contribution in [1.29, 1.82) is 0 Å². The van der Waals surface area contributed by atoms with E-state index in [9.17, 15) is 14.7 Å². The van der Waals surface area contributed by atoms with Crippen molar-refractivity contribution < 1.29 is 24.2 Å². The lowest BCUT2D eigenvalue weighted by Crippen LogP contribution is -2.35. The SMILES string of the molecule is CO[C@@H]1CC(=O)CC[C@@H](C)OC(=O)C[C@H]1O. The van der Waals surface area contributed by atoms with Gasteiger partial charge in [0.15, 0.2) is 0 Å². The molecular formula is C11H18O5. The van der Waals surface area contributed by atoms with Crippen molar-refractivity contribution in [2.75, 3.05) is 7.11 Å². The first-order chi connectivity index (χ1) is 7.52. The molecule has 0 spiro atoms. The van der Waals surface area contributed by atoms with Gasteiger partial charge in [-0.05, 0) is 13.3 Å². The summed E-state index contributed by atoms with van der Waals surface area (Å²) in [4.78, 5) is 22.9. The number of ether oxygens (including phenoxy) is 2. The lowest BCUT2D eigenvalue weighted by Gasteiger charge is -2.23. The number of carbonyl (C=O) groups excluding carboxylic acids is 2. The summed E-state index contributed by atoms with van der Waals surface area (Å²) in [7, 11) is 1.42. The Morgan fingerprint density at radius 3 is 2.69 bits per heavy atom. The second-order valence-corrected chi connectivity index (χ2v) is 4.13. The lowest BCUT2D eigenvalue weighted by molar-refractivity contribution is -0.155. The number of carbonyl (C=O) groups is 2. The third kappa shape index (κ3) is 3.90. The molecule has 1 fully saturated rings. The molecule has 1 aliphatic rings. The molecule has 0 aromatic rings. The highest BCUT2D eigenvalue weighted by Crippen LogP contribution is 2.15. The van der Waals surface area contributed by atoms with Crippen LogP contribution in [-0.2, 0) is 19.1 Å². The summed E-state index contributed by atoms with van der Waals surface area (Å²) in [5, 5.41) is 9.69. The van der Waals surface area contributed by atoms with Crippen LogP contribution in [0.15, 0.2) is 0 Å². The Balaban J connectivity index is 2.68. The standard InChI is InChI=1S/C11H18O5/c1-7-3-4-8(12)5-10(15-2)9(13)6-11(14)16-7/h7,9-10,13H,3-6H2,1-2H3/t7-,9-,10-/m1/s1. The van der Waals surface area contributed by atoms with E-state index in [0.717, 1.165) is 0 Å². The first kappa shape index (κ1) is 13.1. The van der Waals surface area contributed by atoms with Crippen LogP contribution < -0.4 is 0 Å².